The van der Waals surface area contributed by atoms with E-state index in [1.54, 1.807) is 12.1 Å². The number of phenolic OH excluding ortho intramolecular Hbond substituents is 1. The molecule has 0 amide bonds. The van der Waals surface area contributed by atoms with E-state index in [1.165, 1.54) is 12.8 Å². The standard InChI is InChI=1S/C23H34O4/c1-18(24)9-5-3-2-4-6-10-20(25)15-13-19-14-16-22(26)23(17-19)27-21-11-7-8-12-21/h6,10,14,16-18,21,24,26H,2-5,7-9,11-13,15H2,1H3. The Labute approximate surface area is 163 Å². The highest BCUT2D eigenvalue weighted by Gasteiger charge is 2.18. The van der Waals surface area contributed by atoms with Gasteiger partial charge < -0.3 is 14.9 Å². The zero-order valence-corrected chi connectivity index (χ0v) is 16.5. The molecule has 2 N–H and O–H groups in total. The first kappa shape index (κ1) is 21.5. The molecule has 27 heavy (non-hydrogen) atoms. The number of benzene rings is 1. The predicted molar refractivity (Wildman–Crippen MR) is 108 cm³/mol. The van der Waals surface area contributed by atoms with Gasteiger partial charge in [0.25, 0.3) is 0 Å². The molecule has 0 aliphatic heterocycles. The third-order valence-electron chi connectivity index (χ3n) is 5.08. The largest absolute Gasteiger partial charge is 0.504 e. The minimum Gasteiger partial charge on any atom is -0.504 e. The fourth-order valence-corrected chi connectivity index (χ4v) is 3.44. The number of phenols is 1. The lowest BCUT2D eigenvalue weighted by Gasteiger charge is -2.15. The number of ketones is 1. The molecule has 1 aromatic rings. The Bertz CT molecular complexity index is 600. The fraction of sp³-hybridized carbons (Fsp3) is 0.609. The molecule has 1 saturated carbocycles. The van der Waals surface area contributed by atoms with Crippen molar-refractivity contribution in [3.63, 3.8) is 0 Å². The van der Waals surface area contributed by atoms with Crippen LogP contribution in [-0.4, -0.2) is 28.2 Å². The van der Waals surface area contributed by atoms with Crippen LogP contribution in [0.25, 0.3) is 0 Å². The van der Waals surface area contributed by atoms with E-state index in [9.17, 15) is 15.0 Å². The molecule has 4 heteroatoms. The van der Waals surface area contributed by atoms with E-state index in [2.05, 4.69) is 0 Å². The zero-order valence-electron chi connectivity index (χ0n) is 16.5. The number of rotatable bonds is 12. The van der Waals surface area contributed by atoms with Crippen molar-refractivity contribution < 1.29 is 19.7 Å². The topological polar surface area (TPSA) is 66.8 Å². The molecule has 4 nitrogen and oxygen atoms in total. The third kappa shape index (κ3) is 8.61. The molecule has 1 unspecified atom stereocenters. The number of aromatic hydroxyl groups is 1. The highest BCUT2D eigenvalue weighted by Crippen LogP contribution is 2.31. The lowest BCUT2D eigenvalue weighted by molar-refractivity contribution is -0.114. The summed E-state index contributed by atoms with van der Waals surface area (Å²) in [5, 5.41) is 19.2. The number of ether oxygens (including phenoxy) is 1. The quantitative estimate of drug-likeness (QED) is 0.394. The summed E-state index contributed by atoms with van der Waals surface area (Å²) in [6.07, 6.45) is 14.1. The normalized spacial score (nSPS) is 16.1. The van der Waals surface area contributed by atoms with Gasteiger partial charge in [0.1, 0.15) is 0 Å². The summed E-state index contributed by atoms with van der Waals surface area (Å²) in [5.41, 5.74) is 1.01. The second kappa shape index (κ2) is 11.8. The van der Waals surface area contributed by atoms with E-state index >= 15 is 0 Å². The van der Waals surface area contributed by atoms with Crippen LogP contribution in [0.15, 0.2) is 30.4 Å². The number of allylic oxidation sites excluding steroid dienone is 2. The van der Waals surface area contributed by atoms with E-state index in [1.807, 2.05) is 25.1 Å². The molecular weight excluding hydrogens is 340 g/mol. The summed E-state index contributed by atoms with van der Waals surface area (Å²) in [6.45, 7) is 1.82. The molecule has 0 radical (unpaired) electrons. The Morgan fingerprint density at radius 2 is 2.04 bits per heavy atom. The van der Waals surface area contributed by atoms with E-state index in [0.29, 0.717) is 18.6 Å². The Hall–Kier alpha value is -1.81. The molecular formula is C23H34O4. The van der Waals surface area contributed by atoms with Crippen molar-refractivity contribution in [3.05, 3.63) is 35.9 Å². The number of unbranched alkanes of at least 4 members (excludes halogenated alkanes) is 3. The summed E-state index contributed by atoms with van der Waals surface area (Å²) in [4.78, 5) is 12.0. The maximum absolute atomic E-state index is 12.0. The van der Waals surface area contributed by atoms with Gasteiger partial charge in [-0.2, -0.15) is 0 Å². The summed E-state index contributed by atoms with van der Waals surface area (Å²) in [6, 6.07) is 5.38. The predicted octanol–water partition coefficient (Wildman–Crippen LogP) is 5.10. The van der Waals surface area contributed by atoms with Gasteiger partial charge in [0.15, 0.2) is 17.3 Å². The van der Waals surface area contributed by atoms with Gasteiger partial charge in [-0.15, -0.1) is 0 Å². The summed E-state index contributed by atoms with van der Waals surface area (Å²) >= 11 is 0. The smallest absolute Gasteiger partial charge is 0.161 e. The van der Waals surface area contributed by atoms with Crippen molar-refractivity contribution in [3.8, 4) is 11.5 Å². The van der Waals surface area contributed by atoms with Crippen molar-refractivity contribution in [1.82, 2.24) is 0 Å². The van der Waals surface area contributed by atoms with Crippen LogP contribution in [0.3, 0.4) is 0 Å². The number of aryl methyl sites for hydroxylation is 1. The molecule has 1 aliphatic rings. The lowest BCUT2D eigenvalue weighted by Crippen LogP contribution is -2.11. The number of hydrogen-bond donors (Lipinski definition) is 2. The molecule has 0 spiro atoms. The van der Waals surface area contributed by atoms with Crippen LogP contribution >= 0.6 is 0 Å². The van der Waals surface area contributed by atoms with Crippen molar-refractivity contribution in [2.24, 2.45) is 0 Å². The molecule has 1 aromatic carbocycles. The zero-order chi connectivity index (χ0) is 19.5. The maximum Gasteiger partial charge on any atom is 0.161 e. The van der Waals surface area contributed by atoms with Gasteiger partial charge in [-0.25, -0.2) is 0 Å². The van der Waals surface area contributed by atoms with Gasteiger partial charge in [-0.1, -0.05) is 25.0 Å². The van der Waals surface area contributed by atoms with Crippen LogP contribution in [0.5, 0.6) is 11.5 Å². The van der Waals surface area contributed by atoms with Crippen molar-refractivity contribution in [2.75, 3.05) is 0 Å². The van der Waals surface area contributed by atoms with Crippen LogP contribution in [0, 0.1) is 0 Å². The molecule has 150 valence electrons. The van der Waals surface area contributed by atoms with Gasteiger partial charge in [-0.05, 0) is 82.1 Å². The number of aliphatic hydroxyl groups is 1. The third-order valence-corrected chi connectivity index (χ3v) is 5.08. The summed E-state index contributed by atoms with van der Waals surface area (Å²) in [7, 11) is 0. The Kier molecular flexibility index (Phi) is 9.40. The average Bonchev–Trinajstić information content (AvgIpc) is 3.14. The fourth-order valence-electron chi connectivity index (χ4n) is 3.44. The second-order valence-corrected chi connectivity index (χ2v) is 7.68. The van der Waals surface area contributed by atoms with Gasteiger partial charge in [0, 0.05) is 6.42 Å². The molecule has 2 rings (SSSR count). The molecule has 0 heterocycles. The molecule has 1 atom stereocenters. The summed E-state index contributed by atoms with van der Waals surface area (Å²) in [5.74, 6) is 0.845. The van der Waals surface area contributed by atoms with Gasteiger partial charge in [0.05, 0.1) is 12.2 Å². The number of aliphatic hydroxyl groups excluding tert-OH is 1. The highest BCUT2D eigenvalue weighted by molar-refractivity contribution is 5.89. The number of hydrogen-bond acceptors (Lipinski definition) is 4. The molecule has 0 saturated heterocycles. The molecule has 0 aromatic heterocycles. The SMILES string of the molecule is CC(O)CCCCCC=CC(=O)CCc1ccc(O)c(OC2CCCC2)c1. The van der Waals surface area contributed by atoms with Crippen LogP contribution in [0.4, 0.5) is 0 Å². The first-order valence-electron chi connectivity index (χ1n) is 10.4. The van der Waals surface area contributed by atoms with Crippen molar-refractivity contribution >= 4 is 5.78 Å². The molecule has 1 fully saturated rings. The molecule has 0 bridgehead atoms. The minimum absolute atomic E-state index is 0.130. The first-order chi connectivity index (χ1) is 13.0. The van der Waals surface area contributed by atoms with Gasteiger partial charge >= 0.3 is 0 Å². The van der Waals surface area contributed by atoms with E-state index < -0.39 is 0 Å². The average molecular weight is 375 g/mol. The highest BCUT2D eigenvalue weighted by atomic mass is 16.5. The van der Waals surface area contributed by atoms with Crippen LogP contribution in [0.1, 0.15) is 76.7 Å². The Morgan fingerprint density at radius 3 is 2.78 bits per heavy atom. The van der Waals surface area contributed by atoms with Crippen LogP contribution in [0.2, 0.25) is 0 Å². The van der Waals surface area contributed by atoms with Crippen molar-refractivity contribution in [1.29, 1.82) is 0 Å². The minimum atomic E-state index is -0.217. The lowest BCUT2D eigenvalue weighted by atomic mass is 10.1. The Morgan fingerprint density at radius 1 is 1.26 bits per heavy atom. The molecule has 1 aliphatic carbocycles. The summed E-state index contributed by atoms with van der Waals surface area (Å²) < 4.78 is 5.92. The van der Waals surface area contributed by atoms with E-state index in [-0.39, 0.29) is 23.7 Å². The maximum atomic E-state index is 12.0. The van der Waals surface area contributed by atoms with Crippen LogP contribution in [-0.2, 0) is 11.2 Å². The second-order valence-electron chi connectivity index (χ2n) is 7.68. The van der Waals surface area contributed by atoms with Gasteiger partial charge in [-0.3, -0.25) is 4.79 Å². The number of carbonyl (C=O) groups excluding carboxylic acids is 1. The van der Waals surface area contributed by atoms with Crippen LogP contribution < -0.4 is 4.74 Å². The Balaban J connectivity index is 1.69. The van der Waals surface area contributed by atoms with E-state index in [0.717, 1.165) is 50.5 Å². The van der Waals surface area contributed by atoms with Gasteiger partial charge in [0.2, 0.25) is 0 Å². The number of carbonyl (C=O) groups is 1. The monoisotopic (exact) mass is 374 g/mol. The first-order valence-corrected chi connectivity index (χ1v) is 10.4. The van der Waals surface area contributed by atoms with E-state index in [4.69, 9.17) is 4.74 Å². The van der Waals surface area contributed by atoms with Crippen molar-refractivity contribution in [2.45, 2.75) is 89.8 Å².